The SMILES string of the molecule is CCCCN1CCC(COC(=O)c2cccc3ccsc23)CC1. The van der Waals surface area contributed by atoms with Gasteiger partial charge < -0.3 is 9.64 Å². The topological polar surface area (TPSA) is 29.5 Å². The van der Waals surface area contributed by atoms with E-state index in [1.54, 1.807) is 11.3 Å². The van der Waals surface area contributed by atoms with E-state index in [1.165, 1.54) is 19.4 Å². The summed E-state index contributed by atoms with van der Waals surface area (Å²) in [6, 6.07) is 7.88. The molecule has 0 radical (unpaired) electrons. The molecule has 0 bridgehead atoms. The molecular weight excluding hydrogens is 306 g/mol. The maximum atomic E-state index is 12.4. The molecule has 1 aromatic heterocycles. The first kappa shape index (κ1) is 16.5. The van der Waals surface area contributed by atoms with Crippen LogP contribution in [0.2, 0.25) is 0 Å². The van der Waals surface area contributed by atoms with Crippen molar-refractivity contribution in [2.75, 3.05) is 26.2 Å². The standard InChI is InChI=1S/C19H25NO2S/c1-2-3-10-20-11-7-15(8-12-20)14-22-19(21)17-6-4-5-16-9-13-23-18(16)17/h4-6,9,13,15H,2-3,7-8,10-12,14H2,1H3. The van der Waals surface area contributed by atoms with Crippen LogP contribution < -0.4 is 0 Å². The molecule has 3 rings (SSSR count). The molecule has 4 heteroatoms. The van der Waals surface area contributed by atoms with Crippen molar-refractivity contribution < 1.29 is 9.53 Å². The minimum atomic E-state index is -0.175. The maximum absolute atomic E-state index is 12.4. The Labute approximate surface area is 142 Å². The second-order valence-electron chi connectivity index (χ2n) is 6.38. The van der Waals surface area contributed by atoms with Gasteiger partial charge >= 0.3 is 5.97 Å². The number of rotatable bonds is 6. The lowest BCUT2D eigenvalue weighted by Crippen LogP contribution is -2.36. The predicted octanol–water partition coefficient (Wildman–Crippen LogP) is 4.57. The lowest BCUT2D eigenvalue weighted by atomic mass is 9.97. The van der Waals surface area contributed by atoms with E-state index >= 15 is 0 Å². The van der Waals surface area contributed by atoms with Crippen molar-refractivity contribution in [3.63, 3.8) is 0 Å². The zero-order chi connectivity index (χ0) is 16.1. The summed E-state index contributed by atoms with van der Waals surface area (Å²) < 4.78 is 6.64. The van der Waals surface area contributed by atoms with Crippen LogP contribution in [0.5, 0.6) is 0 Å². The summed E-state index contributed by atoms with van der Waals surface area (Å²) in [7, 11) is 0. The van der Waals surface area contributed by atoms with Gasteiger partial charge in [0.15, 0.2) is 0 Å². The predicted molar refractivity (Wildman–Crippen MR) is 96.2 cm³/mol. The Morgan fingerprint density at radius 3 is 2.91 bits per heavy atom. The third-order valence-corrected chi connectivity index (χ3v) is 5.65. The second kappa shape index (κ2) is 7.93. The van der Waals surface area contributed by atoms with Crippen LogP contribution in [0.15, 0.2) is 29.6 Å². The van der Waals surface area contributed by atoms with Gasteiger partial charge in [0.1, 0.15) is 0 Å². The average Bonchev–Trinajstić information content (AvgIpc) is 3.07. The van der Waals surface area contributed by atoms with Crippen molar-refractivity contribution >= 4 is 27.4 Å². The van der Waals surface area contributed by atoms with E-state index in [-0.39, 0.29) is 5.97 Å². The molecule has 3 nitrogen and oxygen atoms in total. The highest BCUT2D eigenvalue weighted by Gasteiger charge is 2.21. The fraction of sp³-hybridized carbons (Fsp3) is 0.526. The monoisotopic (exact) mass is 331 g/mol. The highest BCUT2D eigenvalue weighted by Crippen LogP contribution is 2.26. The summed E-state index contributed by atoms with van der Waals surface area (Å²) in [5.74, 6) is 0.339. The number of carbonyl (C=O) groups is 1. The van der Waals surface area contributed by atoms with Gasteiger partial charge in [0.25, 0.3) is 0 Å². The van der Waals surface area contributed by atoms with Crippen molar-refractivity contribution in [2.45, 2.75) is 32.6 Å². The molecule has 23 heavy (non-hydrogen) atoms. The van der Waals surface area contributed by atoms with Crippen LogP contribution >= 0.6 is 11.3 Å². The van der Waals surface area contributed by atoms with Crippen LogP contribution in [0, 0.1) is 5.92 Å². The maximum Gasteiger partial charge on any atom is 0.339 e. The summed E-state index contributed by atoms with van der Waals surface area (Å²) in [6.45, 7) is 6.29. The van der Waals surface area contributed by atoms with Crippen molar-refractivity contribution in [1.29, 1.82) is 0 Å². The Hall–Kier alpha value is -1.39. The van der Waals surface area contributed by atoms with Gasteiger partial charge in [-0.15, -0.1) is 11.3 Å². The molecule has 0 amide bonds. The zero-order valence-electron chi connectivity index (χ0n) is 13.8. The second-order valence-corrected chi connectivity index (χ2v) is 7.30. The molecule has 124 valence electrons. The number of piperidine rings is 1. The van der Waals surface area contributed by atoms with Gasteiger partial charge in [0, 0.05) is 4.70 Å². The molecule has 0 N–H and O–H groups in total. The number of benzene rings is 1. The number of esters is 1. The fourth-order valence-electron chi connectivity index (χ4n) is 3.18. The van der Waals surface area contributed by atoms with Gasteiger partial charge in [0.05, 0.1) is 12.2 Å². The average molecular weight is 331 g/mol. The highest BCUT2D eigenvalue weighted by atomic mass is 32.1. The van der Waals surface area contributed by atoms with E-state index in [4.69, 9.17) is 4.74 Å². The van der Waals surface area contributed by atoms with Crippen LogP contribution in [0.3, 0.4) is 0 Å². The number of nitrogens with zero attached hydrogens (tertiary/aromatic N) is 1. The minimum absolute atomic E-state index is 0.175. The zero-order valence-corrected chi connectivity index (χ0v) is 14.6. The van der Waals surface area contributed by atoms with Crippen molar-refractivity contribution in [3.8, 4) is 0 Å². The van der Waals surface area contributed by atoms with E-state index in [2.05, 4.69) is 11.8 Å². The molecule has 0 saturated carbocycles. The van der Waals surface area contributed by atoms with Crippen LogP contribution in [0.25, 0.3) is 10.1 Å². The molecule has 1 aliphatic rings. The Morgan fingerprint density at radius 1 is 1.30 bits per heavy atom. The van der Waals surface area contributed by atoms with Gasteiger partial charge in [-0.2, -0.15) is 0 Å². The number of thiophene rings is 1. The van der Waals surface area contributed by atoms with E-state index in [9.17, 15) is 4.79 Å². The molecule has 0 spiro atoms. The van der Waals surface area contributed by atoms with Gasteiger partial charge in [-0.05, 0) is 67.7 Å². The third-order valence-electron chi connectivity index (χ3n) is 4.68. The summed E-state index contributed by atoms with van der Waals surface area (Å²) in [6.07, 6.45) is 4.82. The molecule has 1 aromatic carbocycles. The van der Waals surface area contributed by atoms with Gasteiger partial charge in [-0.3, -0.25) is 0 Å². The van der Waals surface area contributed by atoms with E-state index in [0.29, 0.717) is 18.1 Å². The molecule has 1 fully saturated rings. The van der Waals surface area contributed by atoms with E-state index < -0.39 is 0 Å². The number of unbranched alkanes of at least 4 members (excludes halogenated alkanes) is 1. The first-order valence-electron chi connectivity index (χ1n) is 8.63. The lowest BCUT2D eigenvalue weighted by Gasteiger charge is -2.31. The number of hydrogen-bond donors (Lipinski definition) is 0. The quantitative estimate of drug-likeness (QED) is 0.726. The summed E-state index contributed by atoms with van der Waals surface area (Å²) in [5, 5.41) is 3.14. The van der Waals surface area contributed by atoms with Crippen molar-refractivity contribution in [2.24, 2.45) is 5.92 Å². The summed E-state index contributed by atoms with van der Waals surface area (Å²) in [4.78, 5) is 14.9. The number of hydrogen-bond acceptors (Lipinski definition) is 4. The van der Waals surface area contributed by atoms with Crippen LogP contribution in [0.4, 0.5) is 0 Å². The Kier molecular flexibility index (Phi) is 5.68. The summed E-state index contributed by atoms with van der Waals surface area (Å²) in [5.41, 5.74) is 0.706. The van der Waals surface area contributed by atoms with Gasteiger partial charge in [0.2, 0.25) is 0 Å². The molecule has 1 aliphatic heterocycles. The van der Waals surface area contributed by atoms with Crippen molar-refractivity contribution in [1.82, 2.24) is 4.90 Å². The molecular formula is C19H25NO2S. The first-order valence-corrected chi connectivity index (χ1v) is 9.51. The van der Waals surface area contributed by atoms with Crippen LogP contribution in [0.1, 0.15) is 43.0 Å². The fourth-order valence-corrected chi connectivity index (χ4v) is 4.08. The van der Waals surface area contributed by atoms with Gasteiger partial charge in [-0.25, -0.2) is 4.79 Å². The molecule has 0 atom stereocenters. The third kappa shape index (κ3) is 4.12. The van der Waals surface area contributed by atoms with E-state index in [0.717, 1.165) is 36.0 Å². The highest BCUT2D eigenvalue weighted by molar-refractivity contribution is 7.17. The van der Waals surface area contributed by atoms with Gasteiger partial charge in [-0.1, -0.05) is 25.5 Å². The molecule has 2 aromatic rings. The summed E-state index contributed by atoms with van der Waals surface area (Å²) >= 11 is 1.60. The molecule has 1 saturated heterocycles. The van der Waals surface area contributed by atoms with Crippen LogP contribution in [-0.2, 0) is 4.74 Å². The largest absolute Gasteiger partial charge is 0.462 e. The Morgan fingerprint density at radius 2 is 2.13 bits per heavy atom. The number of fused-ring (bicyclic) bond motifs is 1. The molecule has 2 heterocycles. The Bertz CT molecular complexity index is 644. The van der Waals surface area contributed by atoms with E-state index in [1.807, 2.05) is 29.6 Å². The smallest absolute Gasteiger partial charge is 0.339 e. The molecule has 0 unspecified atom stereocenters. The molecule has 0 aliphatic carbocycles. The number of ether oxygens (including phenoxy) is 1. The number of carbonyl (C=O) groups excluding carboxylic acids is 1. The Balaban J connectivity index is 1.49. The normalized spacial score (nSPS) is 16.7. The van der Waals surface area contributed by atoms with Crippen LogP contribution in [-0.4, -0.2) is 37.1 Å². The lowest BCUT2D eigenvalue weighted by molar-refractivity contribution is 0.0374. The minimum Gasteiger partial charge on any atom is -0.462 e. The number of likely N-dealkylation sites (tertiary alicyclic amines) is 1. The first-order chi connectivity index (χ1) is 11.3. The van der Waals surface area contributed by atoms with Crippen molar-refractivity contribution in [3.05, 3.63) is 35.2 Å².